The average Bonchev–Trinajstić information content (AvgIpc) is 2.68. The van der Waals surface area contributed by atoms with E-state index in [0.29, 0.717) is 25.3 Å². The maximum Gasteiger partial charge on any atom is 0.0716 e. The Morgan fingerprint density at radius 1 is 1.20 bits per heavy atom. The summed E-state index contributed by atoms with van der Waals surface area (Å²) in [7, 11) is 2.20. The highest BCUT2D eigenvalue weighted by Gasteiger charge is 2.45. The molecule has 2 fully saturated rings. The molecule has 0 spiro atoms. The second kappa shape index (κ2) is 5.84. The van der Waals surface area contributed by atoms with Crippen LogP contribution >= 0.6 is 0 Å². The molecule has 20 heavy (non-hydrogen) atoms. The molecule has 2 heterocycles. The van der Waals surface area contributed by atoms with Crippen LogP contribution in [0.2, 0.25) is 0 Å². The molecule has 3 rings (SSSR count). The SMILES string of the molecule is CN1C2CCC1CC(O)(CCOCc1ccccc1)C2. The molecule has 110 valence electrons. The smallest absolute Gasteiger partial charge is 0.0716 e. The first-order valence-corrected chi connectivity index (χ1v) is 7.72. The van der Waals surface area contributed by atoms with Gasteiger partial charge >= 0.3 is 0 Å². The van der Waals surface area contributed by atoms with Crippen LogP contribution in [0, 0.1) is 0 Å². The monoisotopic (exact) mass is 275 g/mol. The molecule has 1 aromatic carbocycles. The highest BCUT2D eigenvalue weighted by atomic mass is 16.5. The zero-order valence-electron chi connectivity index (χ0n) is 12.3. The maximum atomic E-state index is 10.8. The topological polar surface area (TPSA) is 32.7 Å². The maximum absolute atomic E-state index is 10.8. The van der Waals surface area contributed by atoms with Crippen LogP contribution in [0.3, 0.4) is 0 Å². The largest absolute Gasteiger partial charge is 0.390 e. The van der Waals surface area contributed by atoms with Gasteiger partial charge in [-0.15, -0.1) is 0 Å². The van der Waals surface area contributed by atoms with Crippen LogP contribution in [-0.2, 0) is 11.3 Å². The van der Waals surface area contributed by atoms with E-state index < -0.39 is 5.60 Å². The zero-order valence-corrected chi connectivity index (χ0v) is 12.3. The van der Waals surface area contributed by atoms with E-state index in [1.807, 2.05) is 18.2 Å². The van der Waals surface area contributed by atoms with Crippen molar-refractivity contribution in [3.05, 3.63) is 35.9 Å². The standard InChI is InChI=1S/C17H25NO2/c1-18-15-7-8-16(18)12-17(19,11-15)9-10-20-13-14-5-3-2-4-6-14/h2-6,15-16,19H,7-13H2,1H3. The molecule has 2 aliphatic rings. The molecule has 0 amide bonds. The number of hydrogen-bond donors (Lipinski definition) is 1. The lowest BCUT2D eigenvalue weighted by atomic mass is 9.84. The van der Waals surface area contributed by atoms with Gasteiger partial charge in [0.25, 0.3) is 0 Å². The van der Waals surface area contributed by atoms with E-state index >= 15 is 0 Å². The van der Waals surface area contributed by atoms with Crippen molar-refractivity contribution < 1.29 is 9.84 Å². The number of piperidine rings is 1. The third kappa shape index (κ3) is 3.05. The number of ether oxygens (including phenoxy) is 1. The van der Waals surface area contributed by atoms with Crippen LogP contribution in [0.5, 0.6) is 0 Å². The average molecular weight is 275 g/mol. The molecule has 2 bridgehead atoms. The minimum Gasteiger partial charge on any atom is -0.390 e. The van der Waals surface area contributed by atoms with Gasteiger partial charge in [-0.1, -0.05) is 30.3 Å². The van der Waals surface area contributed by atoms with E-state index in [2.05, 4.69) is 24.1 Å². The van der Waals surface area contributed by atoms with Crippen molar-refractivity contribution >= 4 is 0 Å². The van der Waals surface area contributed by atoms with E-state index in [0.717, 1.165) is 19.3 Å². The molecule has 2 saturated heterocycles. The summed E-state index contributed by atoms with van der Waals surface area (Å²) in [4.78, 5) is 2.46. The number of hydrogen-bond acceptors (Lipinski definition) is 3. The molecule has 3 heteroatoms. The van der Waals surface area contributed by atoms with E-state index in [4.69, 9.17) is 4.74 Å². The van der Waals surface area contributed by atoms with Crippen LogP contribution < -0.4 is 0 Å². The van der Waals surface area contributed by atoms with Gasteiger partial charge in [0.1, 0.15) is 0 Å². The Hall–Kier alpha value is -0.900. The molecule has 0 aliphatic carbocycles. The molecule has 2 aliphatic heterocycles. The molecule has 1 aromatic rings. The van der Waals surface area contributed by atoms with Crippen LogP contribution in [0.15, 0.2) is 30.3 Å². The number of benzene rings is 1. The fourth-order valence-corrected chi connectivity index (χ4v) is 3.77. The van der Waals surface area contributed by atoms with E-state index in [9.17, 15) is 5.11 Å². The van der Waals surface area contributed by atoms with Crippen molar-refractivity contribution in [2.45, 2.75) is 56.4 Å². The fraction of sp³-hybridized carbons (Fsp3) is 0.647. The first-order valence-electron chi connectivity index (χ1n) is 7.72. The van der Waals surface area contributed by atoms with Gasteiger partial charge in [-0.25, -0.2) is 0 Å². The quantitative estimate of drug-likeness (QED) is 0.838. The summed E-state index contributed by atoms with van der Waals surface area (Å²) in [6, 6.07) is 11.4. The number of nitrogens with zero attached hydrogens (tertiary/aromatic N) is 1. The van der Waals surface area contributed by atoms with Gasteiger partial charge in [0.05, 0.1) is 12.2 Å². The van der Waals surface area contributed by atoms with Gasteiger partial charge < -0.3 is 14.7 Å². The Balaban J connectivity index is 1.44. The molecule has 0 radical (unpaired) electrons. The molecule has 2 atom stereocenters. The summed E-state index contributed by atoms with van der Waals surface area (Å²) in [5, 5.41) is 10.8. The molecule has 0 aromatic heterocycles. The second-order valence-corrected chi connectivity index (χ2v) is 6.47. The van der Waals surface area contributed by atoms with Crippen LogP contribution in [0.25, 0.3) is 0 Å². The third-order valence-corrected chi connectivity index (χ3v) is 5.04. The molecular formula is C17H25NO2. The van der Waals surface area contributed by atoms with E-state index in [1.165, 1.54) is 18.4 Å². The van der Waals surface area contributed by atoms with E-state index in [1.54, 1.807) is 0 Å². The van der Waals surface area contributed by atoms with Gasteiger partial charge in [-0.05, 0) is 44.7 Å². The fourth-order valence-electron chi connectivity index (χ4n) is 3.77. The molecule has 3 nitrogen and oxygen atoms in total. The number of rotatable bonds is 5. The van der Waals surface area contributed by atoms with Gasteiger partial charge in [-0.2, -0.15) is 0 Å². The van der Waals surface area contributed by atoms with Crippen molar-refractivity contribution in [1.29, 1.82) is 0 Å². The summed E-state index contributed by atoms with van der Waals surface area (Å²) in [5.74, 6) is 0. The lowest BCUT2D eigenvalue weighted by Crippen LogP contribution is -2.49. The molecule has 2 unspecified atom stereocenters. The molecular weight excluding hydrogens is 250 g/mol. The van der Waals surface area contributed by atoms with E-state index in [-0.39, 0.29) is 0 Å². The van der Waals surface area contributed by atoms with Gasteiger partial charge in [-0.3, -0.25) is 0 Å². The third-order valence-electron chi connectivity index (χ3n) is 5.04. The Morgan fingerprint density at radius 2 is 1.85 bits per heavy atom. The van der Waals surface area contributed by atoms with Crippen LogP contribution in [-0.4, -0.2) is 41.3 Å². The summed E-state index contributed by atoms with van der Waals surface area (Å²) < 4.78 is 5.73. The predicted molar refractivity (Wildman–Crippen MR) is 79.5 cm³/mol. The molecule has 0 saturated carbocycles. The summed E-state index contributed by atoms with van der Waals surface area (Å²) in [5.41, 5.74) is 0.692. The first kappa shape index (κ1) is 14.1. The highest BCUT2D eigenvalue weighted by Crippen LogP contribution is 2.41. The Labute approximate surface area is 121 Å². The number of aliphatic hydroxyl groups is 1. The first-order chi connectivity index (χ1) is 9.66. The van der Waals surface area contributed by atoms with Crippen LogP contribution in [0.1, 0.15) is 37.7 Å². The zero-order chi connectivity index (χ0) is 14.0. The minimum absolute atomic E-state index is 0.505. The molecule has 1 N–H and O–H groups in total. The van der Waals surface area contributed by atoms with Gasteiger partial charge in [0.2, 0.25) is 0 Å². The van der Waals surface area contributed by atoms with Gasteiger partial charge in [0, 0.05) is 18.7 Å². The lowest BCUT2D eigenvalue weighted by Gasteiger charge is -2.42. The normalized spacial score (nSPS) is 33.5. The Bertz CT molecular complexity index is 420. The van der Waals surface area contributed by atoms with Crippen LogP contribution in [0.4, 0.5) is 0 Å². The summed E-state index contributed by atoms with van der Waals surface area (Å²) in [6.45, 7) is 1.29. The van der Waals surface area contributed by atoms with Crippen molar-refractivity contribution in [3.8, 4) is 0 Å². The highest BCUT2D eigenvalue weighted by molar-refractivity contribution is 5.13. The lowest BCUT2D eigenvalue weighted by molar-refractivity contribution is -0.0659. The van der Waals surface area contributed by atoms with Crippen molar-refractivity contribution in [1.82, 2.24) is 4.90 Å². The van der Waals surface area contributed by atoms with Gasteiger partial charge in [0.15, 0.2) is 0 Å². The number of fused-ring (bicyclic) bond motifs is 2. The Kier molecular flexibility index (Phi) is 4.11. The van der Waals surface area contributed by atoms with Crippen molar-refractivity contribution in [3.63, 3.8) is 0 Å². The summed E-state index contributed by atoms with van der Waals surface area (Å²) in [6.07, 6.45) is 5.08. The predicted octanol–water partition coefficient (Wildman–Crippen LogP) is 2.58. The van der Waals surface area contributed by atoms with Crippen molar-refractivity contribution in [2.75, 3.05) is 13.7 Å². The summed E-state index contributed by atoms with van der Waals surface area (Å²) >= 11 is 0. The Morgan fingerprint density at radius 3 is 2.50 bits per heavy atom. The second-order valence-electron chi connectivity index (χ2n) is 6.47. The minimum atomic E-state index is -0.505. The van der Waals surface area contributed by atoms with Crippen molar-refractivity contribution in [2.24, 2.45) is 0 Å².